The molecule has 0 bridgehead atoms. The molecule has 2 amide bonds. The summed E-state index contributed by atoms with van der Waals surface area (Å²) < 4.78 is 0. The lowest BCUT2D eigenvalue weighted by Gasteiger charge is -2.05. The molecule has 3 N–H and O–H groups in total. The van der Waals surface area contributed by atoms with Crippen molar-refractivity contribution >= 4 is 41.0 Å². The van der Waals surface area contributed by atoms with Gasteiger partial charge in [0.1, 0.15) is 0 Å². The molecule has 0 radical (unpaired) electrons. The summed E-state index contributed by atoms with van der Waals surface area (Å²) in [5.74, 6) is -0.147. The van der Waals surface area contributed by atoms with Gasteiger partial charge >= 0.3 is 0 Å². The van der Waals surface area contributed by atoms with Gasteiger partial charge in [-0.25, -0.2) is 0 Å². The Balaban J connectivity index is 2.42. The number of anilines is 1. The summed E-state index contributed by atoms with van der Waals surface area (Å²) in [4.78, 5) is 23.1. The van der Waals surface area contributed by atoms with E-state index in [0.29, 0.717) is 0 Å². The summed E-state index contributed by atoms with van der Waals surface area (Å²) >= 11 is 2.82. The number of amides is 2. The Labute approximate surface area is 109 Å². The van der Waals surface area contributed by atoms with Gasteiger partial charge < -0.3 is 11.1 Å². The average Bonchev–Trinajstić information content (AvgIpc) is 2.28. The minimum atomic E-state index is -0.410. The van der Waals surface area contributed by atoms with Gasteiger partial charge in [0.2, 0.25) is 11.8 Å². The van der Waals surface area contributed by atoms with Crippen molar-refractivity contribution in [3.05, 3.63) is 24.3 Å². The monoisotopic (exact) mass is 270 g/mol. The smallest absolute Gasteiger partial charge is 0.234 e. The molecule has 6 heteroatoms. The lowest BCUT2D eigenvalue weighted by molar-refractivity contribution is -0.115. The number of carbonyl (C=O) groups excluding carboxylic acids is 2. The van der Waals surface area contributed by atoms with Crippen LogP contribution in [0.1, 0.15) is 0 Å². The molecule has 0 heterocycles. The van der Waals surface area contributed by atoms with Gasteiger partial charge in [-0.3, -0.25) is 9.59 Å². The molecule has 4 nitrogen and oxygen atoms in total. The summed E-state index contributed by atoms with van der Waals surface area (Å²) in [5, 5.41) is 2.77. The van der Waals surface area contributed by atoms with Crippen molar-refractivity contribution in [1.29, 1.82) is 0 Å². The number of rotatable bonds is 6. The quantitative estimate of drug-likeness (QED) is 0.770. The molecule has 0 aliphatic rings. The van der Waals surface area contributed by atoms with Crippen molar-refractivity contribution in [3.63, 3.8) is 0 Å². The lowest BCUT2D eigenvalue weighted by atomic mass is 10.3. The number of primary amides is 1. The highest BCUT2D eigenvalue weighted by molar-refractivity contribution is 8.00. The van der Waals surface area contributed by atoms with E-state index in [1.165, 1.54) is 11.8 Å². The van der Waals surface area contributed by atoms with Crippen LogP contribution in [-0.2, 0) is 9.59 Å². The van der Waals surface area contributed by atoms with Gasteiger partial charge in [-0.05, 0) is 24.5 Å². The molecule has 1 rings (SSSR count). The van der Waals surface area contributed by atoms with E-state index in [9.17, 15) is 9.59 Å². The van der Waals surface area contributed by atoms with Crippen LogP contribution in [0.4, 0.5) is 5.69 Å². The van der Waals surface area contributed by atoms with E-state index in [1.807, 2.05) is 30.5 Å². The molecule has 0 saturated heterocycles. The van der Waals surface area contributed by atoms with Crippen molar-refractivity contribution in [3.8, 4) is 0 Å². The Kier molecular flexibility index (Phi) is 5.93. The Hall–Kier alpha value is -1.14. The Morgan fingerprint density at radius 3 is 2.76 bits per heavy atom. The van der Waals surface area contributed by atoms with Crippen molar-refractivity contribution in [2.45, 2.75) is 4.90 Å². The normalized spacial score (nSPS) is 9.94. The van der Waals surface area contributed by atoms with E-state index >= 15 is 0 Å². The van der Waals surface area contributed by atoms with Gasteiger partial charge in [0.15, 0.2) is 0 Å². The van der Waals surface area contributed by atoms with E-state index in [0.717, 1.165) is 10.6 Å². The number of nitrogens with one attached hydrogen (secondary N) is 1. The van der Waals surface area contributed by atoms with Crippen LogP contribution >= 0.6 is 23.5 Å². The number of hydrogen-bond donors (Lipinski definition) is 2. The Bertz CT molecular complexity index is 410. The zero-order valence-electron chi connectivity index (χ0n) is 9.43. The number of benzene rings is 1. The fraction of sp³-hybridized carbons (Fsp3) is 0.273. The molecule has 0 atom stereocenters. The molecular weight excluding hydrogens is 256 g/mol. The van der Waals surface area contributed by atoms with E-state index in [4.69, 9.17) is 5.73 Å². The summed E-state index contributed by atoms with van der Waals surface area (Å²) in [6.07, 6.45) is 1.98. The molecule has 0 aromatic heterocycles. The predicted molar refractivity (Wildman–Crippen MR) is 73.4 cm³/mol. The standard InChI is InChI=1S/C11H14N2O2S2/c1-16-9-4-2-3-8(5-9)13-11(15)7-17-6-10(12)14/h2-5H,6-7H2,1H3,(H2,12,14)(H,13,15). The maximum Gasteiger partial charge on any atom is 0.234 e. The van der Waals surface area contributed by atoms with Gasteiger partial charge in [0.05, 0.1) is 11.5 Å². The van der Waals surface area contributed by atoms with Crippen LogP contribution in [-0.4, -0.2) is 29.6 Å². The summed E-state index contributed by atoms with van der Waals surface area (Å²) in [6, 6.07) is 7.60. The van der Waals surface area contributed by atoms with Crippen molar-refractivity contribution in [2.75, 3.05) is 23.1 Å². The third-order valence-corrected chi connectivity index (χ3v) is 3.51. The molecule has 0 aliphatic heterocycles. The van der Waals surface area contributed by atoms with Crippen LogP contribution in [0.5, 0.6) is 0 Å². The summed E-state index contributed by atoms with van der Waals surface area (Å²) in [7, 11) is 0. The summed E-state index contributed by atoms with van der Waals surface area (Å²) in [5.41, 5.74) is 5.74. The van der Waals surface area contributed by atoms with E-state index in [1.54, 1.807) is 11.8 Å². The van der Waals surface area contributed by atoms with Crippen molar-refractivity contribution in [1.82, 2.24) is 0 Å². The SMILES string of the molecule is CSc1cccc(NC(=O)CSCC(N)=O)c1. The Morgan fingerprint density at radius 2 is 2.12 bits per heavy atom. The largest absolute Gasteiger partial charge is 0.369 e. The molecule has 0 saturated carbocycles. The minimum Gasteiger partial charge on any atom is -0.369 e. The first-order valence-electron chi connectivity index (χ1n) is 4.92. The second-order valence-corrected chi connectivity index (χ2v) is 5.10. The van der Waals surface area contributed by atoms with Crippen LogP contribution in [0.15, 0.2) is 29.2 Å². The lowest BCUT2D eigenvalue weighted by Crippen LogP contribution is -2.18. The maximum absolute atomic E-state index is 11.5. The number of thioether (sulfide) groups is 2. The summed E-state index contributed by atoms with van der Waals surface area (Å²) in [6.45, 7) is 0. The van der Waals surface area contributed by atoms with Crippen LogP contribution in [0.2, 0.25) is 0 Å². The fourth-order valence-electron chi connectivity index (χ4n) is 1.14. The second kappa shape index (κ2) is 7.24. The molecule has 92 valence electrons. The molecule has 1 aromatic carbocycles. The molecule has 17 heavy (non-hydrogen) atoms. The maximum atomic E-state index is 11.5. The van der Waals surface area contributed by atoms with Gasteiger partial charge in [-0.2, -0.15) is 0 Å². The first kappa shape index (κ1) is 13.9. The Morgan fingerprint density at radius 1 is 1.35 bits per heavy atom. The highest BCUT2D eigenvalue weighted by Gasteiger charge is 2.04. The van der Waals surface area contributed by atoms with Gasteiger partial charge in [-0.1, -0.05) is 6.07 Å². The van der Waals surface area contributed by atoms with Gasteiger partial charge in [-0.15, -0.1) is 23.5 Å². The highest BCUT2D eigenvalue weighted by atomic mass is 32.2. The average molecular weight is 270 g/mol. The van der Waals surface area contributed by atoms with Gasteiger partial charge in [0.25, 0.3) is 0 Å². The topological polar surface area (TPSA) is 72.2 Å². The van der Waals surface area contributed by atoms with E-state index in [2.05, 4.69) is 5.32 Å². The molecular formula is C11H14N2O2S2. The molecule has 0 aliphatic carbocycles. The molecule has 0 spiro atoms. The van der Waals surface area contributed by atoms with Crippen molar-refractivity contribution in [2.24, 2.45) is 5.73 Å². The van der Waals surface area contributed by atoms with E-state index < -0.39 is 5.91 Å². The zero-order valence-corrected chi connectivity index (χ0v) is 11.1. The first-order chi connectivity index (χ1) is 8.11. The van der Waals surface area contributed by atoms with E-state index in [-0.39, 0.29) is 17.4 Å². The minimum absolute atomic E-state index is 0.130. The van der Waals surface area contributed by atoms with Crippen LogP contribution in [0, 0.1) is 0 Å². The fourth-order valence-corrected chi connectivity index (χ4v) is 2.16. The third kappa shape index (κ3) is 5.65. The predicted octanol–water partition coefficient (Wildman–Crippen LogP) is 1.57. The highest BCUT2D eigenvalue weighted by Crippen LogP contribution is 2.19. The van der Waals surface area contributed by atoms with Crippen molar-refractivity contribution < 1.29 is 9.59 Å². The first-order valence-corrected chi connectivity index (χ1v) is 7.29. The van der Waals surface area contributed by atoms with Gasteiger partial charge in [0, 0.05) is 10.6 Å². The van der Waals surface area contributed by atoms with Crippen LogP contribution in [0.3, 0.4) is 0 Å². The number of nitrogens with two attached hydrogens (primary N) is 1. The molecule has 0 fully saturated rings. The number of hydrogen-bond acceptors (Lipinski definition) is 4. The van der Waals surface area contributed by atoms with Crippen LogP contribution < -0.4 is 11.1 Å². The zero-order chi connectivity index (χ0) is 12.7. The number of carbonyl (C=O) groups is 2. The molecule has 0 unspecified atom stereocenters. The third-order valence-electron chi connectivity index (χ3n) is 1.83. The second-order valence-electron chi connectivity index (χ2n) is 3.24. The molecule has 1 aromatic rings. The van der Waals surface area contributed by atoms with Crippen LogP contribution in [0.25, 0.3) is 0 Å².